The van der Waals surface area contributed by atoms with Crippen molar-refractivity contribution in [2.75, 3.05) is 38.7 Å². The van der Waals surface area contributed by atoms with Crippen LogP contribution in [-0.4, -0.2) is 90.4 Å². The fourth-order valence-electron chi connectivity index (χ4n) is 5.26. The summed E-state index contributed by atoms with van der Waals surface area (Å²) in [5.74, 6) is -1.35. The van der Waals surface area contributed by atoms with Gasteiger partial charge in [0.15, 0.2) is 0 Å². The van der Waals surface area contributed by atoms with Gasteiger partial charge in [-0.2, -0.15) is 13.2 Å². The molecule has 1 aliphatic rings. The third-order valence-electron chi connectivity index (χ3n) is 8.04. The summed E-state index contributed by atoms with van der Waals surface area (Å²) < 4.78 is 50.6. The molecule has 0 aliphatic carbocycles. The summed E-state index contributed by atoms with van der Waals surface area (Å²) in [4.78, 5) is 42.3. The lowest BCUT2D eigenvalue weighted by molar-refractivity contribution is -0.149. The zero-order chi connectivity index (χ0) is 33.9. The molecule has 0 radical (unpaired) electrons. The molecule has 0 fully saturated rings. The molecular weight excluding hydrogens is 603 g/mol. The molecule has 46 heavy (non-hydrogen) atoms. The Labute approximate surface area is 269 Å². The third kappa shape index (κ3) is 11.6. The highest BCUT2D eigenvalue weighted by atomic mass is 19.4. The van der Waals surface area contributed by atoms with Crippen LogP contribution in [0, 0.1) is 5.92 Å². The number of hydrogen-bond acceptors (Lipinski definition) is 6. The Morgan fingerprint density at radius 2 is 1.85 bits per heavy atom. The second-order valence-electron chi connectivity index (χ2n) is 12.1. The van der Waals surface area contributed by atoms with E-state index in [9.17, 15) is 32.7 Å². The highest BCUT2D eigenvalue weighted by molar-refractivity contribution is 6.00. The first-order valence-corrected chi connectivity index (χ1v) is 15.8. The first-order valence-electron chi connectivity index (χ1n) is 15.8. The van der Waals surface area contributed by atoms with E-state index < -0.39 is 43.0 Å². The number of anilines is 1. The molecule has 254 valence electrons. The lowest BCUT2D eigenvalue weighted by Gasteiger charge is -2.36. The van der Waals surface area contributed by atoms with Gasteiger partial charge in [0, 0.05) is 44.8 Å². The minimum absolute atomic E-state index is 0.0427. The van der Waals surface area contributed by atoms with Crippen molar-refractivity contribution in [1.82, 2.24) is 9.80 Å². The van der Waals surface area contributed by atoms with Crippen molar-refractivity contribution >= 4 is 23.4 Å². The number of amides is 3. The van der Waals surface area contributed by atoms with Crippen molar-refractivity contribution in [2.45, 2.75) is 83.7 Å². The van der Waals surface area contributed by atoms with Crippen LogP contribution in [0.4, 0.5) is 18.9 Å². The number of halogens is 3. The quantitative estimate of drug-likeness (QED) is 0.374. The molecule has 12 heteroatoms. The van der Waals surface area contributed by atoms with Crippen LogP contribution >= 0.6 is 0 Å². The van der Waals surface area contributed by atoms with Crippen molar-refractivity contribution in [3.05, 3.63) is 59.7 Å². The predicted molar refractivity (Wildman–Crippen MR) is 169 cm³/mol. The van der Waals surface area contributed by atoms with Gasteiger partial charge in [0.05, 0.1) is 43.3 Å². The Hall–Kier alpha value is -3.64. The Bertz CT molecular complexity index is 1290. The Morgan fingerprint density at radius 3 is 2.52 bits per heavy atom. The van der Waals surface area contributed by atoms with E-state index >= 15 is 0 Å². The van der Waals surface area contributed by atoms with Gasteiger partial charge in [-0.15, -0.1) is 0 Å². The van der Waals surface area contributed by atoms with Gasteiger partial charge in [0.1, 0.15) is 5.75 Å². The molecule has 4 atom stereocenters. The van der Waals surface area contributed by atoms with E-state index in [4.69, 9.17) is 9.47 Å². The largest absolute Gasteiger partial charge is 0.490 e. The number of alkyl halides is 3. The number of carbonyl (C=O) groups is 3. The second-order valence-corrected chi connectivity index (χ2v) is 12.1. The lowest BCUT2D eigenvalue weighted by Crippen LogP contribution is -2.48. The molecule has 1 aliphatic heterocycles. The predicted octanol–water partition coefficient (Wildman–Crippen LogP) is 5.46. The molecule has 2 N–H and O–H groups in total. The fraction of sp³-hybridized carbons (Fsp3) is 0.559. The van der Waals surface area contributed by atoms with Gasteiger partial charge < -0.3 is 29.7 Å². The fourth-order valence-corrected chi connectivity index (χ4v) is 5.26. The van der Waals surface area contributed by atoms with Gasteiger partial charge in [0.25, 0.3) is 5.91 Å². The molecule has 9 nitrogen and oxygen atoms in total. The lowest BCUT2D eigenvalue weighted by atomic mass is 10.0. The number of nitrogens with zero attached hydrogens (tertiary/aromatic N) is 2. The van der Waals surface area contributed by atoms with Crippen LogP contribution in [0.25, 0.3) is 0 Å². The zero-order valence-corrected chi connectivity index (χ0v) is 27.0. The van der Waals surface area contributed by atoms with Crippen LogP contribution in [0.15, 0.2) is 48.5 Å². The number of carbonyl (C=O) groups excluding carboxylic acids is 3. The minimum Gasteiger partial charge on any atom is -0.490 e. The van der Waals surface area contributed by atoms with Gasteiger partial charge in [-0.3, -0.25) is 14.4 Å². The molecule has 2 aromatic rings. The molecule has 0 saturated carbocycles. The molecule has 0 aromatic heterocycles. The summed E-state index contributed by atoms with van der Waals surface area (Å²) in [5.41, 5.74) is 1.47. The van der Waals surface area contributed by atoms with Gasteiger partial charge in [-0.25, -0.2) is 0 Å². The van der Waals surface area contributed by atoms with Crippen LogP contribution in [0.1, 0.15) is 68.8 Å². The van der Waals surface area contributed by atoms with Gasteiger partial charge in [-0.05, 0) is 56.9 Å². The Kier molecular flexibility index (Phi) is 13.9. The Morgan fingerprint density at radius 1 is 1.13 bits per heavy atom. The average Bonchev–Trinajstić information content (AvgIpc) is 3.01. The third-order valence-corrected chi connectivity index (χ3v) is 8.04. The number of nitrogens with one attached hydrogen (secondary N) is 1. The molecule has 1 heterocycles. The first-order chi connectivity index (χ1) is 21.8. The average molecular weight is 650 g/mol. The number of aliphatic hydroxyl groups excluding tert-OH is 1. The number of ether oxygens (including phenoxy) is 2. The number of hydrogen-bond donors (Lipinski definition) is 2. The SMILES string of the molecule is C[C@@H]1CCCCO[C@H](CN(C)C(=O)CCC(F)(F)F)[C@@H](C)CN([C@@H](C)CO)C(=O)c2cc(NC(=O)Cc3ccccc3)ccc2O1. The van der Waals surface area contributed by atoms with Gasteiger partial charge >= 0.3 is 6.18 Å². The highest BCUT2D eigenvalue weighted by Crippen LogP contribution is 2.29. The number of fused-ring (bicyclic) bond motifs is 1. The topological polar surface area (TPSA) is 108 Å². The summed E-state index contributed by atoms with van der Waals surface area (Å²) in [6, 6.07) is 13.6. The number of aliphatic hydroxyl groups is 1. The first kappa shape index (κ1) is 36.8. The van der Waals surface area contributed by atoms with Crippen LogP contribution in [0.2, 0.25) is 0 Å². The van der Waals surface area contributed by atoms with E-state index in [0.717, 1.165) is 12.0 Å². The molecule has 0 unspecified atom stereocenters. The van der Waals surface area contributed by atoms with Crippen molar-refractivity contribution in [2.24, 2.45) is 5.92 Å². The molecule has 0 bridgehead atoms. The Balaban J connectivity index is 1.89. The minimum atomic E-state index is -4.44. The summed E-state index contributed by atoms with van der Waals surface area (Å²) >= 11 is 0. The van der Waals surface area contributed by atoms with Crippen molar-refractivity contribution in [3.8, 4) is 5.75 Å². The standard InChI is InChI=1S/C34H46F3N3O6/c1-23-20-40(24(2)22-41)33(44)28-19-27(38-31(42)18-26-11-6-5-7-12-26)13-14-29(28)46-25(3)10-8-9-17-45-30(23)21-39(4)32(43)15-16-34(35,36)37/h5-7,11-14,19,23-25,30,41H,8-10,15-18,20-22H2,1-4H3,(H,38,42)/t23-,24-,25+,30+/m0/s1. The van der Waals surface area contributed by atoms with Crippen LogP contribution in [0.5, 0.6) is 5.75 Å². The van der Waals surface area contributed by atoms with Gasteiger partial charge in [0.2, 0.25) is 11.8 Å². The van der Waals surface area contributed by atoms with Crippen molar-refractivity contribution in [3.63, 3.8) is 0 Å². The van der Waals surface area contributed by atoms with Crippen molar-refractivity contribution < 1.29 is 42.1 Å². The van der Waals surface area contributed by atoms with E-state index in [1.807, 2.05) is 44.2 Å². The van der Waals surface area contributed by atoms with E-state index in [-0.39, 0.29) is 49.6 Å². The van der Waals surface area contributed by atoms with E-state index in [0.29, 0.717) is 30.9 Å². The maximum absolute atomic E-state index is 14.2. The molecule has 3 amide bonds. The second kappa shape index (κ2) is 17.3. The zero-order valence-electron chi connectivity index (χ0n) is 27.0. The van der Waals surface area contributed by atoms with E-state index in [1.165, 1.54) is 16.8 Å². The summed E-state index contributed by atoms with van der Waals surface area (Å²) in [5, 5.41) is 13.0. The molecule has 3 rings (SSSR count). The van der Waals surface area contributed by atoms with Crippen LogP contribution < -0.4 is 10.1 Å². The maximum Gasteiger partial charge on any atom is 0.389 e. The highest BCUT2D eigenvalue weighted by Gasteiger charge is 2.32. The molecule has 0 spiro atoms. The number of rotatable bonds is 9. The summed E-state index contributed by atoms with van der Waals surface area (Å²) in [6.45, 7) is 5.63. The number of benzene rings is 2. The van der Waals surface area contributed by atoms with Crippen LogP contribution in [0.3, 0.4) is 0 Å². The number of likely N-dealkylation sites (N-methyl/N-ethyl adjacent to an activating group) is 1. The van der Waals surface area contributed by atoms with Gasteiger partial charge in [-0.1, -0.05) is 37.3 Å². The molecule has 2 aromatic carbocycles. The van der Waals surface area contributed by atoms with E-state index in [1.54, 1.807) is 25.1 Å². The van der Waals surface area contributed by atoms with E-state index in [2.05, 4.69) is 5.32 Å². The monoisotopic (exact) mass is 649 g/mol. The molecule has 0 saturated heterocycles. The normalized spacial score (nSPS) is 20.6. The molecular formula is C34H46F3N3O6. The summed E-state index contributed by atoms with van der Waals surface area (Å²) in [6.07, 6.45) is -4.87. The van der Waals surface area contributed by atoms with Crippen molar-refractivity contribution in [1.29, 1.82) is 0 Å². The smallest absolute Gasteiger partial charge is 0.389 e. The maximum atomic E-state index is 14.2. The summed E-state index contributed by atoms with van der Waals surface area (Å²) in [7, 11) is 1.45. The van der Waals surface area contributed by atoms with Crippen LogP contribution in [-0.2, 0) is 20.7 Å².